The highest BCUT2D eigenvalue weighted by Crippen LogP contribution is 2.19. The number of nitrogens with zero attached hydrogens (tertiary/aromatic N) is 2. The topological polar surface area (TPSA) is 101 Å². The third-order valence-corrected chi connectivity index (χ3v) is 4.19. The van der Waals surface area contributed by atoms with Gasteiger partial charge in [0.1, 0.15) is 11.5 Å². The average molecular weight is 449 g/mol. The number of hydrogen-bond donors (Lipinski definition) is 2. The summed E-state index contributed by atoms with van der Waals surface area (Å²) in [6.45, 7) is 8.66. The van der Waals surface area contributed by atoms with Crippen LogP contribution in [0.5, 0.6) is 11.5 Å². The van der Waals surface area contributed by atoms with Crippen LogP contribution in [0.3, 0.4) is 0 Å². The zero-order valence-corrected chi connectivity index (χ0v) is 18.6. The van der Waals surface area contributed by atoms with E-state index in [0.717, 1.165) is 11.1 Å². The number of hydrogen-bond acceptors (Lipinski definition) is 6. The SMILES string of the molecule is C=CCc1ccccc1OCC(=O)N/N=C\C(C)=N/NC(=O)COc1ccccc1CC=C. The second-order valence-corrected chi connectivity index (χ2v) is 6.86. The first-order valence-electron chi connectivity index (χ1n) is 10.3. The summed E-state index contributed by atoms with van der Waals surface area (Å²) in [5.74, 6) is 0.382. The van der Waals surface area contributed by atoms with Gasteiger partial charge in [-0.05, 0) is 43.0 Å². The number of carbonyl (C=O) groups excluding carboxylic acids is 2. The summed E-state index contributed by atoms with van der Waals surface area (Å²) in [7, 11) is 0. The van der Waals surface area contributed by atoms with Crippen LogP contribution < -0.4 is 20.3 Å². The van der Waals surface area contributed by atoms with E-state index in [1.165, 1.54) is 6.21 Å². The number of para-hydroxylation sites is 2. The molecule has 0 saturated carbocycles. The van der Waals surface area contributed by atoms with Crippen molar-refractivity contribution in [2.75, 3.05) is 13.2 Å². The molecule has 0 aliphatic carbocycles. The first-order chi connectivity index (χ1) is 16.0. The monoisotopic (exact) mass is 448 g/mol. The average Bonchev–Trinajstić information content (AvgIpc) is 2.82. The van der Waals surface area contributed by atoms with Crippen LogP contribution in [0.25, 0.3) is 0 Å². The molecule has 0 radical (unpaired) electrons. The van der Waals surface area contributed by atoms with Crippen LogP contribution in [0.4, 0.5) is 0 Å². The molecular formula is C25H28N4O4. The highest BCUT2D eigenvalue weighted by Gasteiger charge is 2.06. The number of allylic oxidation sites excluding steroid dienone is 2. The molecule has 8 heteroatoms. The highest BCUT2D eigenvalue weighted by atomic mass is 16.5. The zero-order chi connectivity index (χ0) is 23.9. The van der Waals surface area contributed by atoms with Gasteiger partial charge in [0, 0.05) is 0 Å². The lowest BCUT2D eigenvalue weighted by Gasteiger charge is -2.09. The smallest absolute Gasteiger partial charge is 0.277 e. The van der Waals surface area contributed by atoms with E-state index in [2.05, 4.69) is 34.2 Å². The number of amides is 2. The molecule has 33 heavy (non-hydrogen) atoms. The summed E-state index contributed by atoms with van der Waals surface area (Å²) in [5, 5.41) is 7.70. The lowest BCUT2D eigenvalue weighted by molar-refractivity contribution is -0.123. The van der Waals surface area contributed by atoms with E-state index in [-0.39, 0.29) is 13.2 Å². The summed E-state index contributed by atoms with van der Waals surface area (Å²) < 4.78 is 11.1. The molecule has 2 rings (SSSR count). The Balaban J connectivity index is 1.74. The van der Waals surface area contributed by atoms with Gasteiger partial charge in [0.05, 0.1) is 11.9 Å². The Morgan fingerprint density at radius 2 is 1.33 bits per heavy atom. The normalized spacial score (nSPS) is 11.0. The van der Waals surface area contributed by atoms with Crippen LogP contribution in [0.2, 0.25) is 0 Å². The Bertz CT molecular complexity index is 1030. The van der Waals surface area contributed by atoms with E-state index in [9.17, 15) is 9.59 Å². The number of ether oxygens (including phenoxy) is 2. The molecule has 0 bridgehead atoms. The molecular weight excluding hydrogens is 420 g/mol. The Hall–Kier alpha value is -4.20. The van der Waals surface area contributed by atoms with Crippen molar-refractivity contribution >= 4 is 23.7 Å². The highest BCUT2D eigenvalue weighted by molar-refractivity contribution is 6.29. The maximum atomic E-state index is 12.0. The Labute approximate surface area is 193 Å². The van der Waals surface area contributed by atoms with Gasteiger partial charge in [-0.15, -0.1) is 13.2 Å². The van der Waals surface area contributed by atoms with Crippen molar-refractivity contribution in [2.24, 2.45) is 10.2 Å². The largest absolute Gasteiger partial charge is 0.483 e. The van der Waals surface area contributed by atoms with Crippen LogP contribution in [0.1, 0.15) is 18.1 Å². The standard InChI is InChI=1S/C25H28N4O4/c1-4-10-20-12-6-8-14-22(20)32-17-24(30)28-26-16-19(3)27-29-25(31)18-33-23-15-9-7-13-21(23)11-5-2/h4-9,12-16H,1-2,10-11,17-18H2,3H3,(H,28,30)(H,29,31)/b26-16-,27-19-. The van der Waals surface area contributed by atoms with Crippen molar-refractivity contribution in [3.63, 3.8) is 0 Å². The molecule has 2 N–H and O–H groups in total. The molecule has 0 spiro atoms. The van der Waals surface area contributed by atoms with Crippen molar-refractivity contribution in [1.29, 1.82) is 0 Å². The number of benzene rings is 2. The van der Waals surface area contributed by atoms with Crippen molar-refractivity contribution in [1.82, 2.24) is 10.9 Å². The summed E-state index contributed by atoms with van der Waals surface area (Å²) in [6, 6.07) is 14.8. The second kappa shape index (κ2) is 14.0. The molecule has 0 atom stereocenters. The van der Waals surface area contributed by atoms with E-state index in [1.807, 2.05) is 36.4 Å². The lowest BCUT2D eigenvalue weighted by Crippen LogP contribution is -2.27. The minimum Gasteiger partial charge on any atom is -0.483 e. The molecule has 2 aromatic rings. The van der Waals surface area contributed by atoms with Gasteiger partial charge in [0.25, 0.3) is 11.8 Å². The summed E-state index contributed by atoms with van der Waals surface area (Å²) >= 11 is 0. The third kappa shape index (κ3) is 9.22. The van der Waals surface area contributed by atoms with Crippen molar-refractivity contribution < 1.29 is 19.1 Å². The molecule has 2 amide bonds. The lowest BCUT2D eigenvalue weighted by atomic mass is 10.1. The molecule has 0 aliphatic heterocycles. The van der Waals surface area contributed by atoms with Gasteiger partial charge in [-0.2, -0.15) is 10.2 Å². The number of rotatable bonds is 13. The summed E-state index contributed by atoms with van der Waals surface area (Å²) in [5.41, 5.74) is 6.98. The van der Waals surface area contributed by atoms with Crippen LogP contribution in [0.15, 0.2) is 84.0 Å². The van der Waals surface area contributed by atoms with Crippen molar-refractivity contribution in [3.05, 3.63) is 85.0 Å². The Kier molecular flexibility index (Phi) is 10.6. The predicted octanol–water partition coefficient (Wildman–Crippen LogP) is 3.20. The van der Waals surface area contributed by atoms with Gasteiger partial charge in [0.15, 0.2) is 13.2 Å². The molecule has 0 fully saturated rings. The quantitative estimate of drug-likeness (QED) is 0.279. The van der Waals surface area contributed by atoms with Crippen LogP contribution >= 0.6 is 0 Å². The number of carbonyl (C=O) groups is 2. The third-order valence-electron chi connectivity index (χ3n) is 4.19. The molecule has 2 aromatic carbocycles. The first kappa shape index (κ1) is 25.1. The molecule has 0 unspecified atom stereocenters. The van der Waals surface area contributed by atoms with Crippen LogP contribution in [0, 0.1) is 0 Å². The molecule has 0 saturated heterocycles. The first-order valence-corrected chi connectivity index (χ1v) is 10.3. The van der Waals surface area contributed by atoms with Crippen LogP contribution in [-0.2, 0) is 22.4 Å². The van der Waals surface area contributed by atoms with Crippen LogP contribution in [-0.4, -0.2) is 37.0 Å². The van der Waals surface area contributed by atoms with Gasteiger partial charge in [-0.1, -0.05) is 48.6 Å². The Morgan fingerprint density at radius 1 is 0.848 bits per heavy atom. The minimum atomic E-state index is -0.428. The van der Waals surface area contributed by atoms with E-state index in [4.69, 9.17) is 9.47 Å². The molecule has 172 valence electrons. The van der Waals surface area contributed by atoms with Gasteiger partial charge >= 0.3 is 0 Å². The maximum Gasteiger partial charge on any atom is 0.277 e. The van der Waals surface area contributed by atoms with Crippen molar-refractivity contribution in [3.8, 4) is 11.5 Å². The van der Waals surface area contributed by atoms with E-state index >= 15 is 0 Å². The fourth-order valence-electron chi connectivity index (χ4n) is 2.67. The number of hydrazone groups is 2. The molecule has 0 aliphatic rings. The fourth-order valence-corrected chi connectivity index (χ4v) is 2.67. The predicted molar refractivity (Wildman–Crippen MR) is 130 cm³/mol. The molecule has 0 aromatic heterocycles. The maximum absolute atomic E-state index is 12.0. The summed E-state index contributed by atoms with van der Waals surface area (Å²) in [4.78, 5) is 23.9. The number of nitrogens with one attached hydrogen (secondary N) is 2. The summed E-state index contributed by atoms with van der Waals surface area (Å²) in [6.07, 6.45) is 6.13. The van der Waals surface area contributed by atoms with Gasteiger partial charge in [0.2, 0.25) is 0 Å². The molecule has 0 heterocycles. The minimum absolute atomic E-state index is 0.191. The van der Waals surface area contributed by atoms with E-state index in [1.54, 1.807) is 31.2 Å². The Morgan fingerprint density at radius 3 is 1.85 bits per heavy atom. The van der Waals surface area contributed by atoms with Gasteiger partial charge in [-0.3, -0.25) is 9.59 Å². The van der Waals surface area contributed by atoms with Crippen molar-refractivity contribution in [2.45, 2.75) is 19.8 Å². The molecule has 8 nitrogen and oxygen atoms in total. The van der Waals surface area contributed by atoms with Gasteiger partial charge < -0.3 is 9.47 Å². The van der Waals surface area contributed by atoms with E-state index < -0.39 is 11.8 Å². The zero-order valence-electron chi connectivity index (χ0n) is 18.6. The second-order valence-electron chi connectivity index (χ2n) is 6.86. The fraction of sp³-hybridized carbons (Fsp3) is 0.200. The van der Waals surface area contributed by atoms with E-state index in [0.29, 0.717) is 30.1 Å². The van der Waals surface area contributed by atoms with Gasteiger partial charge in [-0.25, -0.2) is 10.9 Å².